The van der Waals surface area contributed by atoms with Crippen LogP contribution in [0.1, 0.15) is 138 Å². The fraction of sp³-hybridized carbons (Fsp3) is 0.741. The molecule has 0 unspecified atom stereocenters. The summed E-state index contributed by atoms with van der Waals surface area (Å²) in [5.41, 5.74) is 0.737. The molecule has 15 atom stereocenters. The largest absolute Gasteiger partial charge is 0.460 e. The van der Waals surface area contributed by atoms with E-state index in [9.17, 15) is 44.4 Å². The summed E-state index contributed by atoms with van der Waals surface area (Å²) in [6, 6.07) is -1.18. The lowest BCUT2D eigenvalue weighted by Gasteiger charge is -2.42. The average Bonchev–Trinajstić information content (AvgIpc) is 3.92. The number of amides is 1. The Balaban J connectivity index is 1.42. The number of aliphatic hydroxyl groups excluding tert-OH is 3. The number of aliphatic hydroxyl groups is 4. The molecule has 0 spiro atoms. The van der Waals surface area contributed by atoms with Gasteiger partial charge in [-0.25, -0.2) is 9.48 Å². The fourth-order valence-corrected chi connectivity index (χ4v) is 11.3. The Hall–Kier alpha value is -4.31. The Morgan fingerprint density at radius 2 is 1.60 bits per heavy atom. The van der Waals surface area contributed by atoms with Crippen LogP contribution in [0.2, 0.25) is 0 Å². The molecule has 77 heavy (non-hydrogen) atoms. The summed E-state index contributed by atoms with van der Waals surface area (Å²) >= 11 is 0. The Bertz CT molecular complexity index is 2260. The van der Waals surface area contributed by atoms with E-state index in [0.29, 0.717) is 69.1 Å². The molecular weight excluding hydrogens is 993 g/mol. The van der Waals surface area contributed by atoms with Crippen LogP contribution in [0.15, 0.2) is 53.8 Å². The molecule has 1 amide bonds. The second-order valence-corrected chi connectivity index (χ2v) is 22.8. The molecule has 5 rings (SSSR count). The van der Waals surface area contributed by atoms with Gasteiger partial charge in [0.15, 0.2) is 5.78 Å². The highest BCUT2D eigenvalue weighted by atomic mass is 16.6. The summed E-state index contributed by atoms with van der Waals surface area (Å²) in [5.74, 6) is -8.28. The van der Waals surface area contributed by atoms with Gasteiger partial charge in [-0.3, -0.25) is 19.2 Å². The third kappa shape index (κ3) is 16.4. The molecular formula is C58H90N4O15. The number of rotatable bonds is 12. The zero-order valence-electron chi connectivity index (χ0n) is 47.5. The first-order valence-electron chi connectivity index (χ1n) is 27.8. The zero-order valence-corrected chi connectivity index (χ0v) is 47.5. The van der Waals surface area contributed by atoms with Crippen LogP contribution in [0.5, 0.6) is 0 Å². The third-order valence-electron chi connectivity index (χ3n) is 16.7. The number of methoxy groups -OCH3 is 3. The molecule has 4 aliphatic rings. The Labute approximate surface area is 455 Å². The predicted octanol–water partition coefficient (Wildman–Crippen LogP) is 5.70. The lowest BCUT2D eigenvalue weighted by molar-refractivity contribution is -0.265. The Morgan fingerprint density at radius 3 is 2.27 bits per heavy atom. The van der Waals surface area contributed by atoms with Crippen molar-refractivity contribution in [3.05, 3.63) is 59.5 Å². The molecule has 3 fully saturated rings. The van der Waals surface area contributed by atoms with Crippen molar-refractivity contribution < 1.29 is 72.8 Å². The van der Waals surface area contributed by atoms with Crippen LogP contribution < -0.4 is 0 Å². The molecule has 2 bridgehead atoms. The van der Waals surface area contributed by atoms with E-state index in [1.807, 2.05) is 58.1 Å². The standard InChI is InChI=1S/C58H90N4O15/c1-35-17-13-12-14-18-36(2)48(72-9)29-44-22-20-41(7)58(71,77-44)54(68)55(69)61-24-16-15-19-45(61)56(70)76-49(30-46(65)37(3)26-40(6)52(67)53(74-11)51(66)39(5)25-35)38(4)27-42-21-23-47(50(28-42)73-10)75-32-43-31-62(60-59-43)57(8,33-63)34-64/h12-14,17-18,26,31,35,37-39,41-42,44-45,47-50,52-53,63-64,67,71H,15-16,19-25,27-30,32-34H2,1-11H3/b14-12?,17-13+,36-18?,40-26+/t35-,37-,38-,39-,41-,42+,44+,45+,47-,48+,49+,50-,52-,53+,58-/m1/s1. The molecule has 3 aliphatic heterocycles. The molecule has 19 nitrogen and oxygen atoms in total. The normalized spacial score (nSPS) is 35.1. The number of ketones is 3. The van der Waals surface area contributed by atoms with Gasteiger partial charge in [-0.1, -0.05) is 76.3 Å². The van der Waals surface area contributed by atoms with Crippen LogP contribution in [-0.2, 0) is 64.5 Å². The first kappa shape index (κ1) is 63.5. The molecule has 432 valence electrons. The topological polar surface area (TPSA) is 256 Å². The van der Waals surface area contributed by atoms with Gasteiger partial charge in [0.05, 0.1) is 50.4 Å². The quantitative estimate of drug-likeness (QED) is 0.111. The summed E-state index contributed by atoms with van der Waals surface area (Å²) in [4.78, 5) is 72.8. The maximum Gasteiger partial charge on any atom is 0.329 e. The highest BCUT2D eigenvalue weighted by molar-refractivity contribution is 6.39. The number of nitrogens with zero attached hydrogens (tertiary/aromatic N) is 4. The van der Waals surface area contributed by atoms with Crippen LogP contribution in [0.3, 0.4) is 0 Å². The van der Waals surface area contributed by atoms with Crippen LogP contribution in [0.25, 0.3) is 0 Å². The molecule has 4 heterocycles. The number of carbonyl (C=O) groups is 5. The van der Waals surface area contributed by atoms with Gasteiger partial charge >= 0.3 is 5.97 Å². The molecule has 1 aliphatic carbocycles. The van der Waals surface area contributed by atoms with E-state index in [4.69, 9.17) is 28.4 Å². The molecule has 1 aromatic heterocycles. The van der Waals surface area contributed by atoms with E-state index in [1.165, 1.54) is 16.7 Å². The highest BCUT2D eigenvalue weighted by Crippen LogP contribution is 2.38. The molecule has 1 aromatic rings. The first-order chi connectivity index (χ1) is 36.5. The maximum absolute atomic E-state index is 14.6. The van der Waals surface area contributed by atoms with Gasteiger partial charge in [-0.15, -0.1) is 5.10 Å². The highest BCUT2D eigenvalue weighted by Gasteiger charge is 2.53. The predicted molar refractivity (Wildman–Crippen MR) is 286 cm³/mol. The van der Waals surface area contributed by atoms with Gasteiger partial charge in [0, 0.05) is 58.5 Å². The van der Waals surface area contributed by atoms with Crippen LogP contribution >= 0.6 is 0 Å². The monoisotopic (exact) mass is 1080 g/mol. The number of hydrogen-bond acceptors (Lipinski definition) is 17. The molecule has 4 N–H and O–H groups in total. The SMILES string of the molecule is CO[C@H]1C[C@@H]2CC[C@@H](C)[C@@](O)(O2)C(=O)C(=O)N2CCCC[C@H]2C(=O)O[C@H]([C@H](C)C[C@@H]2CC[C@@H](OCc3cn(C(C)(CO)CO)nn3)[C@H](OC)C2)CC(=O)[C@H](C)/C=C(\C)[C@@H](O)[C@@H](OC)C(=O)[C@H](C)C[C@H](C)/C=C/C=CC=C1C. The van der Waals surface area contributed by atoms with Gasteiger partial charge in [-0.05, 0) is 114 Å². The van der Waals surface area contributed by atoms with E-state index in [0.717, 1.165) is 12.0 Å². The van der Waals surface area contributed by atoms with Crippen LogP contribution in [0, 0.1) is 35.5 Å². The number of fused-ring (bicyclic) bond motifs is 3. The second-order valence-electron chi connectivity index (χ2n) is 22.8. The average molecular weight is 1080 g/mol. The van der Waals surface area contributed by atoms with Crippen molar-refractivity contribution in [3.63, 3.8) is 0 Å². The number of carbonyl (C=O) groups excluding carboxylic acids is 5. The second kappa shape index (κ2) is 29.2. The zero-order chi connectivity index (χ0) is 56.8. The molecule has 0 radical (unpaired) electrons. The summed E-state index contributed by atoms with van der Waals surface area (Å²) in [7, 11) is 4.57. The van der Waals surface area contributed by atoms with Gasteiger partial charge in [0.25, 0.3) is 11.7 Å². The minimum atomic E-state index is -2.46. The van der Waals surface area contributed by atoms with Gasteiger partial charge in [0.2, 0.25) is 5.79 Å². The van der Waals surface area contributed by atoms with Gasteiger partial charge in [-0.2, -0.15) is 0 Å². The van der Waals surface area contributed by atoms with Crippen LogP contribution in [0.4, 0.5) is 0 Å². The summed E-state index contributed by atoms with van der Waals surface area (Å²) in [6.45, 7) is 13.8. The third-order valence-corrected chi connectivity index (χ3v) is 16.7. The molecule has 19 heteroatoms. The number of aromatic nitrogens is 3. The number of hydrogen-bond donors (Lipinski definition) is 4. The molecule has 1 saturated carbocycles. The Morgan fingerprint density at radius 1 is 0.870 bits per heavy atom. The van der Waals surface area contributed by atoms with E-state index in [2.05, 4.69) is 10.3 Å². The minimum Gasteiger partial charge on any atom is -0.460 e. The van der Waals surface area contributed by atoms with Gasteiger partial charge in [0.1, 0.15) is 41.4 Å². The molecule has 0 aromatic carbocycles. The van der Waals surface area contributed by atoms with Gasteiger partial charge < -0.3 is 53.7 Å². The maximum atomic E-state index is 14.6. The van der Waals surface area contributed by atoms with E-state index >= 15 is 0 Å². The van der Waals surface area contributed by atoms with Crippen molar-refractivity contribution in [1.82, 2.24) is 19.9 Å². The smallest absolute Gasteiger partial charge is 0.329 e. The number of piperidine rings is 1. The van der Waals surface area contributed by atoms with Crippen molar-refractivity contribution in [1.29, 1.82) is 0 Å². The lowest BCUT2D eigenvalue weighted by Crippen LogP contribution is -2.61. The van der Waals surface area contributed by atoms with Crippen molar-refractivity contribution in [2.45, 2.75) is 199 Å². The van der Waals surface area contributed by atoms with E-state index in [1.54, 1.807) is 54.2 Å². The number of esters is 1. The van der Waals surface area contributed by atoms with Crippen molar-refractivity contribution >= 4 is 29.2 Å². The summed E-state index contributed by atoms with van der Waals surface area (Å²) in [5, 5.41) is 51.5. The summed E-state index contributed by atoms with van der Waals surface area (Å²) < 4.78 is 37.7. The van der Waals surface area contributed by atoms with E-state index < -0.39 is 83.3 Å². The molecule has 2 saturated heterocycles. The number of ether oxygens (including phenoxy) is 6. The summed E-state index contributed by atoms with van der Waals surface area (Å²) in [6.07, 6.45) is 12.9. The number of cyclic esters (lactones) is 1. The Kier molecular flexibility index (Phi) is 24.1. The van der Waals surface area contributed by atoms with Crippen LogP contribution in [-0.4, -0.2) is 165 Å². The number of Topliss-reactive ketones (excluding diaryl/α,β-unsaturated/α-hetero) is 3. The van der Waals surface area contributed by atoms with E-state index in [-0.39, 0.29) is 80.7 Å². The van der Waals surface area contributed by atoms with Crippen molar-refractivity contribution in [3.8, 4) is 0 Å². The minimum absolute atomic E-state index is 0.000569. The van der Waals surface area contributed by atoms with Crippen molar-refractivity contribution in [2.24, 2.45) is 35.5 Å². The number of allylic oxidation sites excluding steroid dienone is 6. The van der Waals surface area contributed by atoms with Crippen molar-refractivity contribution in [2.75, 3.05) is 41.1 Å². The fourth-order valence-electron chi connectivity index (χ4n) is 11.3. The first-order valence-corrected chi connectivity index (χ1v) is 27.8. The lowest BCUT2D eigenvalue weighted by atomic mass is 9.78.